The van der Waals surface area contributed by atoms with E-state index in [0.717, 1.165) is 27.3 Å². The first-order valence-electron chi connectivity index (χ1n) is 16.7. The number of aryl methyl sites for hydroxylation is 1. The summed E-state index contributed by atoms with van der Waals surface area (Å²) in [7, 11) is -4.05. The summed E-state index contributed by atoms with van der Waals surface area (Å²) in [6.45, 7) is 2.08. The summed E-state index contributed by atoms with van der Waals surface area (Å²) in [4.78, 5) is 0. The largest absolute Gasteiger partial charge is 0.741 e. The first kappa shape index (κ1) is 40.2. The number of halogens is 3. The van der Waals surface area contributed by atoms with Crippen molar-refractivity contribution in [3.63, 3.8) is 0 Å². The number of hydrogen-bond acceptors (Lipinski definition) is 9. The summed E-state index contributed by atoms with van der Waals surface area (Å²) in [5.74, 6) is 0. The normalized spacial score (nSPS) is 20.4. The average Bonchev–Trinajstić information content (AvgIpc) is 3.59. The van der Waals surface area contributed by atoms with Crippen molar-refractivity contribution in [1.29, 1.82) is 0 Å². The lowest BCUT2D eigenvalue weighted by Gasteiger charge is -2.45. The molecule has 1 aliphatic rings. The van der Waals surface area contributed by atoms with Crippen LogP contribution in [0.1, 0.15) is 33.4 Å². The summed E-state index contributed by atoms with van der Waals surface area (Å²) in [6.07, 6.45) is -0.0694. The van der Waals surface area contributed by atoms with E-state index in [1.807, 2.05) is 79.8 Å². The lowest BCUT2D eigenvalue weighted by Crippen LogP contribution is -2.59. The van der Waals surface area contributed by atoms with Gasteiger partial charge in [0.05, 0.1) is 38.4 Å². The molecule has 6 rings (SSSR count). The summed E-state index contributed by atoms with van der Waals surface area (Å²) < 4.78 is 94.7. The Bertz CT molecular complexity index is 1900. The average molecular weight is 772 g/mol. The van der Waals surface area contributed by atoms with E-state index >= 15 is 0 Å². The van der Waals surface area contributed by atoms with Gasteiger partial charge in [-0.15, -0.1) is 0 Å². The van der Waals surface area contributed by atoms with Gasteiger partial charge >= 0.3 is 5.51 Å². The van der Waals surface area contributed by atoms with Gasteiger partial charge in [0.15, 0.2) is 22.4 Å². The summed E-state index contributed by atoms with van der Waals surface area (Å²) in [5.41, 5.74) is -1.28. The van der Waals surface area contributed by atoms with E-state index in [9.17, 15) is 13.2 Å². The Morgan fingerprint density at radius 3 is 1.47 bits per heavy atom. The van der Waals surface area contributed by atoms with Crippen molar-refractivity contribution in [3.8, 4) is 0 Å². The molecule has 0 radical (unpaired) electrons. The second kappa shape index (κ2) is 19.4. The van der Waals surface area contributed by atoms with Crippen LogP contribution < -0.4 is 4.57 Å². The predicted molar refractivity (Wildman–Crippen MR) is 190 cm³/mol. The van der Waals surface area contributed by atoms with Crippen molar-refractivity contribution in [3.05, 3.63) is 160 Å². The molecule has 0 N–H and O–H groups in total. The molecular formula is C39H40F3NO8S2. The predicted octanol–water partition coefficient (Wildman–Crippen LogP) is 7.04. The topological polar surface area (TPSA) is 107 Å². The van der Waals surface area contributed by atoms with Gasteiger partial charge in [0.1, 0.15) is 31.5 Å². The number of rotatable bonds is 14. The smallest absolute Gasteiger partial charge is 0.485 e. The first-order valence-corrected chi connectivity index (χ1v) is 19.0. The Balaban J connectivity index is 0.000000609. The van der Waals surface area contributed by atoms with Crippen LogP contribution in [0.15, 0.2) is 133 Å². The van der Waals surface area contributed by atoms with Crippen molar-refractivity contribution >= 4 is 21.5 Å². The van der Waals surface area contributed by atoms with E-state index in [1.165, 1.54) is 0 Å². The fourth-order valence-corrected chi connectivity index (χ4v) is 6.54. The highest BCUT2D eigenvalue weighted by molar-refractivity contribution is 7.86. The molecular weight excluding hydrogens is 732 g/mol. The van der Waals surface area contributed by atoms with Gasteiger partial charge in [-0.1, -0.05) is 133 Å². The maximum Gasteiger partial charge on any atom is 0.485 e. The van der Waals surface area contributed by atoms with Gasteiger partial charge in [0.25, 0.3) is 5.01 Å². The van der Waals surface area contributed by atoms with Crippen molar-refractivity contribution in [2.24, 2.45) is 7.05 Å². The van der Waals surface area contributed by atoms with Gasteiger partial charge in [-0.2, -0.15) is 17.7 Å². The fraction of sp³-hybridized carbons (Fsp3) is 0.308. The molecule has 2 heterocycles. The van der Waals surface area contributed by atoms with E-state index in [4.69, 9.17) is 36.7 Å². The minimum Gasteiger partial charge on any atom is -0.741 e. The zero-order chi connectivity index (χ0) is 37.7. The Hall–Kier alpha value is -3.99. The van der Waals surface area contributed by atoms with E-state index in [1.54, 1.807) is 11.3 Å². The molecule has 0 unspecified atom stereocenters. The van der Waals surface area contributed by atoms with Crippen molar-refractivity contribution in [2.75, 3.05) is 6.61 Å². The number of alkyl halides is 3. The molecule has 53 heavy (non-hydrogen) atoms. The van der Waals surface area contributed by atoms with Gasteiger partial charge in [0.2, 0.25) is 0 Å². The molecule has 282 valence electrons. The number of thiazole rings is 1. The number of benzene rings is 4. The molecule has 0 aliphatic carbocycles. The SMILES string of the molecule is C[n+]1ccsc1[C@@H]1O[C@H](COCc2ccccc2)[C@@H](OCc2ccccc2)[C@H](OCc2ccccc2)[C@H]1OCc1ccccc1.O=S(=O)([O-])C(F)(F)F. The minimum atomic E-state index is -6.09. The maximum absolute atomic E-state index is 10.7. The maximum atomic E-state index is 10.7. The van der Waals surface area contributed by atoms with Gasteiger partial charge in [-0.3, -0.25) is 0 Å². The number of nitrogens with zero attached hydrogens (tertiary/aromatic N) is 1. The summed E-state index contributed by atoms with van der Waals surface area (Å²) in [5, 5.41) is 3.13. The van der Waals surface area contributed by atoms with Gasteiger partial charge < -0.3 is 28.2 Å². The summed E-state index contributed by atoms with van der Waals surface area (Å²) in [6, 6.07) is 40.9. The molecule has 9 nitrogen and oxygen atoms in total. The van der Waals surface area contributed by atoms with Crippen LogP contribution >= 0.6 is 11.3 Å². The Kier molecular flexibility index (Phi) is 14.7. The van der Waals surface area contributed by atoms with Crippen molar-refractivity contribution in [1.82, 2.24) is 0 Å². The highest BCUT2D eigenvalue weighted by Crippen LogP contribution is 2.39. The molecule has 0 saturated carbocycles. The lowest BCUT2D eigenvalue weighted by molar-refractivity contribution is -0.679. The van der Waals surface area contributed by atoms with E-state index in [-0.39, 0.29) is 6.10 Å². The van der Waals surface area contributed by atoms with Gasteiger partial charge in [-0.05, 0) is 22.3 Å². The molecule has 0 amide bonds. The van der Waals surface area contributed by atoms with Gasteiger partial charge in [0, 0.05) is 0 Å². The van der Waals surface area contributed by atoms with Gasteiger partial charge in [-0.25, -0.2) is 8.42 Å². The molecule has 0 spiro atoms. The first-order chi connectivity index (χ1) is 25.5. The standard InChI is InChI=1S/C38H40NO5S.CHF3O3S/c1-39-22-23-45-38(39)37-36(43-27-32-20-12-5-13-21-32)35(42-26-31-18-10-4-11-19-31)34(41-25-30-16-8-3-9-17-30)33(44-37)28-40-24-29-14-6-2-7-15-29;2-1(3,4)8(5,6)7/h2-23,33-37H,24-28H2,1H3;(H,5,6,7)/q+1;/p-1/t33-,34-,35+,36-,37-;/m1./s1. The van der Waals surface area contributed by atoms with Crippen LogP contribution in [-0.4, -0.2) is 49.5 Å². The van der Waals surface area contributed by atoms with Crippen LogP contribution in [0.5, 0.6) is 0 Å². The van der Waals surface area contributed by atoms with E-state index in [2.05, 4.69) is 64.7 Å². The van der Waals surface area contributed by atoms with Crippen LogP contribution in [-0.2, 0) is 67.3 Å². The van der Waals surface area contributed by atoms with Crippen LogP contribution in [0.3, 0.4) is 0 Å². The Morgan fingerprint density at radius 1 is 0.679 bits per heavy atom. The zero-order valence-electron chi connectivity index (χ0n) is 28.8. The molecule has 5 atom stereocenters. The molecule has 4 aromatic carbocycles. The van der Waals surface area contributed by atoms with Crippen LogP contribution in [0.2, 0.25) is 0 Å². The minimum absolute atomic E-state index is 0.344. The van der Waals surface area contributed by atoms with Crippen molar-refractivity contribution < 1.29 is 54.4 Å². The highest BCUT2D eigenvalue weighted by atomic mass is 32.2. The quantitative estimate of drug-likeness (QED) is 0.0673. The fourth-order valence-electron chi connectivity index (χ4n) is 5.60. The third kappa shape index (κ3) is 12.0. The molecule has 0 bridgehead atoms. The number of hydrogen-bond donors (Lipinski definition) is 0. The van der Waals surface area contributed by atoms with Crippen LogP contribution in [0.25, 0.3) is 0 Å². The zero-order valence-corrected chi connectivity index (χ0v) is 30.4. The van der Waals surface area contributed by atoms with Crippen LogP contribution in [0.4, 0.5) is 13.2 Å². The van der Waals surface area contributed by atoms with E-state index < -0.39 is 40.0 Å². The molecule has 1 aliphatic heterocycles. The number of aromatic nitrogens is 1. The lowest BCUT2D eigenvalue weighted by atomic mass is 9.94. The Labute approximate surface area is 311 Å². The Morgan fingerprint density at radius 2 is 1.08 bits per heavy atom. The third-order valence-electron chi connectivity index (χ3n) is 8.23. The molecule has 5 aromatic rings. The van der Waals surface area contributed by atoms with Crippen molar-refractivity contribution in [2.45, 2.75) is 62.5 Å². The molecule has 14 heteroatoms. The highest BCUT2D eigenvalue weighted by Gasteiger charge is 2.51. The third-order valence-corrected chi connectivity index (χ3v) is 9.82. The van der Waals surface area contributed by atoms with E-state index in [0.29, 0.717) is 33.0 Å². The number of ether oxygens (including phenoxy) is 5. The second-order valence-corrected chi connectivity index (χ2v) is 14.4. The molecule has 1 fully saturated rings. The van der Waals surface area contributed by atoms with Crippen LogP contribution in [0, 0.1) is 0 Å². The second-order valence-electron chi connectivity index (χ2n) is 12.1. The summed E-state index contributed by atoms with van der Waals surface area (Å²) >= 11 is 1.65. The monoisotopic (exact) mass is 771 g/mol. The molecule has 1 aromatic heterocycles. The molecule has 1 saturated heterocycles.